The lowest BCUT2D eigenvalue weighted by molar-refractivity contribution is 0.230. The first-order chi connectivity index (χ1) is 18.1. The Morgan fingerprint density at radius 1 is 0.974 bits per heavy atom. The van der Waals surface area contributed by atoms with E-state index in [2.05, 4.69) is 9.88 Å². The molecule has 6 rings (SSSR count). The molecule has 0 radical (unpaired) electrons. The molecular weight excluding hydrogens is 506 g/mol. The number of rotatable bonds is 4. The number of hydrogen-bond acceptors (Lipinski definition) is 5. The molecule has 2 fully saturated rings. The molecule has 1 atom stereocenters. The zero-order chi connectivity index (χ0) is 26.8. The number of pyridine rings is 1. The number of piperazine rings is 1. The maximum atomic E-state index is 15.5. The van der Waals surface area contributed by atoms with Gasteiger partial charge >= 0.3 is 0 Å². The molecular formula is C29H30F2N4O2S. The van der Waals surface area contributed by atoms with Crippen LogP contribution in [0.1, 0.15) is 18.5 Å². The standard InChI is InChI=1S/C29H30F2N4O2S/c1-18-22-14-27(19-6-8-21(9-7-19)38(3,36)37)33(2)28(22)16-26(32-18)23-13-25(31)29(15-24(23)30)35-12-11-34-10-4-5-20(34)17-35/h6-9,13-16,20H,4-5,10-12,17H2,1-3H3. The van der Waals surface area contributed by atoms with E-state index in [4.69, 9.17) is 0 Å². The molecule has 2 aliphatic rings. The molecule has 0 N–H and O–H groups in total. The van der Waals surface area contributed by atoms with Gasteiger partial charge in [0.2, 0.25) is 0 Å². The third-order valence-corrected chi connectivity index (χ3v) is 9.18. The average molecular weight is 537 g/mol. The lowest BCUT2D eigenvalue weighted by atomic mass is 10.1. The maximum absolute atomic E-state index is 15.5. The van der Waals surface area contributed by atoms with Gasteiger partial charge in [-0.25, -0.2) is 17.2 Å². The summed E-state index contributed by atoms with van der Waals surface area (Å²) in [7, 11) is -1.39. The number of fused-ring (bicyclic) bond motifs is 2. The zero-order valence-electron chi connectivity index (χ0n) is 21.7. The van der Waals surface area contributed by atoms with Crippen molar-refractivity contribution < 1.29 is 17.2 Å². The lowest BCUT2D eigenvalue weighted by Gasteiger charge is -2.39. The summed E-state index contributed by atoms with van der Waals surface area (Å²) in [6.45, 7) is 5.22. The van der Waals surface area contributed by atoms with Crippen molar-refractivity contribution in [2.45, 2.75) is 30.7 Å². The number of halogens is 2. The van der Waals surface area contributed by atoms with Gasteiger partial charge in [0, 0.05) is 67.4 Å². The van der Waals surface area contributed by atoms with Crippen molar-refractivity contribution in [3.05, 3.63) is 65.9 Å². The summed E-state index contributed by atoms with van der Waals surface area (Å²) in [5.74, 6) is -0.932. The van der Waals surface area contributed by atoms with Gasteiger partial charge in [0.25, 0.3) is 0 Å². The summed E-state index contributed by atoms with van der Waals surface area (Å²) in [4.78, 5) is 9.30. The molecule has 0 spiro atoms. The fraction of sp³-hybridized carbons (Fsp3) is 0.345. The summed E-state index contributed by atoms with van der Waals surface area (Å²) in [5.41, 5.74) is 4.07. The first kappa shape index (κ1) is 25.0. The predicted molar refractivity (Wildman–Crippen MR) is 146 cm³/mol. The van der Waals surface area contributed by atoms with Crippen molar-refractivity contribution in [1.82, 2.24) is 14.5 Å². The van der Waals surface area contributed by atoms with Gasteiger partial charge < -0.3 is 9.47 Å². The van der Waals surface area contributed by atoms with E-state index in [-0.39, 0.29) is 10.5 Å². The van der Waals surface area contributed by atoms with Crippen LogP contribution < -0.4 is 4.90 Å². The van der Waals surface area contributed by atoms with E-state index in [9.17, 15) is 8.42 Å². The summed E-state index contributed by atoms with van der Waals surface area (Å²) in [5, 5.41) is 0.894. The van der Waals surface area contributed by atoms with Crippen LogP contribution in [0.25, 0.3) is 33.4 Å². The van der Waals surface area contributed by atoms with Crippen LogP contribution in [0.3, 0.4) is 0 Å². The van der Waals surface area contributed by atoms with Crippen molar-refractivity contribution in [1.29, 1.82) is 0 Å². The van der Waals surface area contributed by atoms with E-state index in [0.29, 0.717) is 29.7 Å². The van der Waals surface area contributed by atoms with Crippen LogP contribution in [0.2, 0.25) is 0 Å². The monoisotopic (exact) mass is 536 g/mol. The zero-order valence-corrected chi connectivity index (χ0v) is 22.5. The second-order valence-corrected chi connectivity index (χ2v) is 12.5. The largest absolute Gasteiger partial charge is 0.366 e. The van der Waals surface area contributed by atoms with E-state index >= 15 is 8.78 Å². The highest BCUT2D eigenvalue weighted by Crippen LogP contribution is 2.35. The first-order valence-corrected chi connectivity index (χ1v) is 14.8. The van der Waals surface area contributed by atoms with Gasteiger partial charge in [-0.2, -0.15) is 0 Å². The summed E-state index contributed by atoms with van der Waals surface area (Å²) in [6, 6.07) is 13.5. The number of nitrogens with zero attached hydrogens (tertiary/aromatic N) is 4. The molecule has 2 aliphatic heterocycles. The molecule has 38 heavy (non-hydrogen) atoms. The van der Waals surface area contributed by atoms with Crippen molar-refractivity contribution in [2.24, 2.45) is 7.05 Å². The minimum absolute atomic E-state index is 0.135. The Hall–Kier alpha value is -3.30. The summed E-state index contributed by atoms with van der Waals surface area (Å²) < 4.78 is 56.5. The van der Waals surface area contributed by atoms with E-state index < -0.39 is 21.5 Å². The smallest absolute Gasteiger partial charge is 0.175 e. The Balaban J connectivity index is 1.36. The molecule has 2 aromatic carbocycles. The molecule has 1 unspecified atom stereocenters. The Morgan fingerprint density at radius 3 is 2.47 bits per heavy atom. The summed E-state index contributed by atoms with van der Waals surface area (Å²) in [6.07, 6.45) is 3.44. The lowest BCUT2D eigenvalue weighted by Crippen LogP contribution is -2.50. The van der Waals surface area contributed by atoms with Gasteiger partial charge in [-0.1, -0.05) is 12.1 Å². The fourth-order valence-electron chi connectivity index (χ4n) is 5.96. The molecule has 9 heteroatoms. The highest BCUT2D eigenvalue weighted by atomic mass is 32.2. The van der Waals surface area contributed by atoms with Crippen molar-refractivity contribution in [3.63, 3.8) is 0 Å². The molecule has 6 nitrogen and oxygen atoms in total. The van der Waals surface area contributed by atoms with Crippen molar-refractivity contribution in [3.8, 4) is 22.5 Å². The summed E-state index contributed by atoms with van der Waals surface area (Å²) >= 11 is 0. The number of aryl methyl sites for hydroxylation is 2. The topological polar surface area (TPSA) is 58.4 Å². The number of benzene rings is 2. The molecule has 2 saturated heterocycles. The second kappa shape index (κ2) is 9.17. The number of aromatic nitrogens is 2. The molecule has 2 aromatic heterocycles. The Bertz CT molecular complexity index is 1660. The van der Waals surface area contributed by atoms with E-state index in [1.807, 2.05) is 29.5 Å². The third-order valence-electron chi connectivity index (χ3n) is 8.05. The quantitative estimate of drug-likeness (QED) is 0.360. The SMILES string of the molecule is Cc1nc(-c2cc(F)c(N3CCN4CCCC4C3)cc2F)cc2c1cc(-c1ccc(S(C)(=O)=O)cc1)n2C. The van der Waals surface area contributed by atoms with Gasteiger partial charge in [0.1, 0.15) is 11.6 Å². The fourth-order valence-corrected chi connectivity index (χ4v) is 6.59. The van der Waals surface area contributed by atoms with Crippen LogP contribution in [0.15, 0.2) is 53.4 Å². The molecule has 4 heterocycles. The Labute approximate surface area is 221 Å². The first-order valence-electron chi connectivity index (χ1n) is 12.9. The van der Waals surface area contributed by atoms with Crippen molar-refractivity contribution in [2.75, 3.05) is 37.3 Å². The number of sulfone groups is 1. The highest BCUT2D eigenvalue weighted by molar-refractivity contribution is 7.90. The number of anilines is 1. The molecule has 198 valence electrons. The normalized spacial score (nSPS) is 18.3. The highest BCUT2D eigenvalue weighted by Gasteiger charge is 2.32. The van der Waals surface area contributed by atoms with Gasteiger partial charge in [-0.15, -0.1) is 0 Å². The van der Waals surface area contributed by atoms with Crippen molar-refractivity contribution >= 4 is 26.4 Å². The van der Waals surface area contributed by atoms with E-state index in [1.165, 1.54) is 18.4 Å². The Morgan fingerprint density at radius 2 is 1.74 bits per heavy atom. The molecule has 0 aliphatic carbocycles. The third kappa shape index (κ3) is 4.27. The van der Waals surface area contributed by atoms with Crippen LogP contribution in [0.4, 0.5) is 14.5 Å². The van der Waals surface area contributed by atoms with Crippen LogP contribution >= 0.6 is 0 Å². The minimum Gasteiger partial charge on any atom is -0.366 e. The molecule has 0 saturated carbocycles. The van der Waals surface area contributed by atoms with Gasteiger partial charge in [0.15, 0.2) is 9.84 Å². The van der Waals surface area contributed by atoms with Gasteiger partial charge in [-0.3, -0.25) is 9.88 Å². The minimum atomic E-state index is -3.29. The molecule has 0 bridgehead atoms. The van der Waals surface area contributed by atoms with Crippen LogP contribution in [-0.2, 0) is 16.9 Å². The van der Waals surface area contributed by atoms with Crippen LogP contribution in [0, 0.1) is 18.6 Å². The van der Waals surface area contributed by atoms with Gasteiger partial charge in [0.05, 0.1) is 21.8 Å². The molecule has 4 aromatic rings. The van der Waals surface area contributed by atoms with Crippen LogP contribution in [-0.4, -0.2) is 61.3 Å². The Kier molecular flexibility index (Phi) is 6.03. The maximum Gasteiger partial charge on any atom is 0.175 e. The second-order valence-electron chi connectivity index (χ2n) is 10.5. The average Bonchev–Trinajstić information content (AvgIpc) is 3.49. The van der Waals surface area contributed by atoms with E-state index in [1.54, 1.807) is 30.3 Å². The van der Waals surface area contributed by atoms with E-state index in [0.717, 1.165) is 54.6 Å². The predicted octanol–water partition coefficient (Wildman–Crippen LogP) is 5.18. The molecule has 0 amide bonds. The van der Waals surface area contributed by atoms with Crippen LogP contribution in [0.5, 0.6) is 0 Å². The number of hydrogen-bond donors (Lipinski definition) is 0. The van der Waals surface area contributed by atoms with Gasteiger partial charge in [-0.05, 0) is 62.2 Å².